The molecule has 0 saturated carbocycles. The molecule has 1 aromatic carbocycles. The molecular formula is C18H21N3O2. The summed E-state index contributed by atoms with van der Waals surface area (Å²) in [6, 6.07) is 9.54. The number of hydrogen-bond donors (Lipinski definition) is 1. The predicted molar refractivity (Wildman–Crippen MR) is 89.9 cm³/mol. The Balaban J connectivity index is 1.78. The average Bonchev–Trinajstić information content (AvgIpc) is 2.83. The molecule has 0 bridgehead atoms. The number of likely N-dealkylation sites (tertiary alicyclic amines) is 1. The number of anilines is 1. The van der Waals surface area contributed by atoms with Crippen LogP contribution in [0.1, 0.15) is 17.5 Å². The van der Waals surface area contributed by atoms with E-state index in [1.54, 1.807) is 11.1 Å². The van der Waals surface area contributed by atoms with Gasteiger partial charge in [-0.3, -0.25) is 4.79 Å². The van der Waals surface area contributed by atoms with Crippen molar-refractivity contribution in [3.05, 3.63) is 47.7 Å². The summed E-state index contributed by atoms with van der Waals surface area (Å²) >= 11 is 0. The van der Waals surface area contributed by atoms with Crippen LogP contribution in [0.4, 0.5) is 5.69 Å². The molecule has 5 heteroatoms. The molecule has 0 aliphatic carbocycles. The van der Waals surface area contributed by atoms with Crippen LogP contribution in [0.25, 0.3) is 0 Å². The fraction of sp³-hybridized carbons (Fsp3) is 0.333. The molecule has 23 heavy (non-hydrogen) atoms. The molecular weight excluding hydrogens is 290 g/mol. The number of hydrogen-bond acceptors (Lipinski definition) is 4. The van der Waals surface area contributed by atoms with Crippen molar-refractivity contribution in [1.29, 1.82) is 0 Å². The predicted octanol–water partition coefficient (Wildman–Crippen LogP) is 3.13. The van der Waals surface area contributed by atoms with Crippen LogP contribution in [0.2, 0.25) is 0 Å². The highest BCUT2D eigenvalue weighted by atomic mass is 16.5. The van der Waals surface area contributed by atoms with Gasteiger partial charge in [-0.05, 0) is 43.5 Å². The van der Waals surface area contributed by atoms with E-state index in [1.807, 2.05) is 51.2 Å². The van der Waals surface area contributed by atoms with E-state index >= 15 is 0 Å². The van der Waals surface area contributed by atoms with Crippen LogP contribution in [0.15, 0.2) is 36.5 Å². The quantitative estimate of drug-likeness (QED) is 0.942. The molecule has 2 aromatic rings. The monoisotopic (exact) mass is 311 g/mol. The number of likely N-dealkylation sites (N-methyl/N-ethyl adjacent to an activating group) is 1. The second-order valence-electron chi connectivity index (χ2n) is 6.00. The number of pyridine rings is 1. The number of rotatable bonds is 4. The summed E-state index contributed by atoms with van der Waals surface area (Å²) in [5.41, 5.74) is 3.00. The van der Waals surface area contributed by atoms with Crippen molar-refractivity contribution < 1.29 is 9.53 Å². The summed E-state index contributed by atoms with van der Waals surface area (Å²) < 4.78 is 5.90. The third-order valence-corrected chi connectivity index (χ3v) is 4.06. The van der Waals surface area contributed by atoms with Gasteiger partial charge in [-0.2, -0.15) is 0 Å². The fourth-order valence-corrected chi connectivity index (χ4v) is 2.63. The molecule has 1 aromatic heterocycles. The van der Waals surface area contributed by atoms with E-state index in [-0.39, 0.29) is 11.9 Å². The minimum Gasteiger partial charge on any atom is -0.439 e. The SMILES string of the molecule is Cc1ccnc(Oc2cc(N[C@@H]3CCN(C)C3=O)ccc2C)c1. The maximum absolute atomic E-state index is 12.0. The van der Waals surface area contributed by atoms with Crippen LogP contribution in [-0.2, 0) is 4.79 Å². The molecule has 1 fully saturated rings. The number of carbonyl (C=O) groups excluding carboxylic acids is 1. The fourth-order valence-electron chi connectivity index (χ4n) is 2.63. The van der Waals surface area contributed by atoms with Gasteiger partial charge in [-0.25, -0.2) is 4.98 Å². The van der Waals surface area contributed by atoms with Gasteiger partial charge in [0, 0.05) is 37.6 Å². The van der Waals surface area contributed by atoms with Crippen LogP contribution in [0, 0.1) is 13.8 Å². The van der Waals surface area contributed by atoms with Crippen molar-refractivity contribution in [1.82, 2.24) is 9.88 Å². The van der Waals surface area contributed by atoms with E-state index in [9.17, 15) is 4.79 Å². The molecule has 1 aliphatic rings. The van der Waals surface area contributed by atoms with E-state index in [1.165, 1.54) is 0 Å². The summed E-state index contributed by atoms with van der Waals surface area (Å²) in [4.78, 5) is 18.0. The molecule has 0 radical (unpaired) electrons. The van der Waals surface area contributed by atoms with Gasteiger partial charge in [0.2, 0.25) is 11.8 Å². The van der Waals surface area contributed by atoms with Crippen LogP contribution in [-0.4, -0.2) is 35.4 Å². The molecule has 0 unspecified atom stereocenters. The van der Waals surface area contributed by atoms with Crippen LogP contribution in [0.3, 0.4) is 0 Å². The van der Waals surface area contributed by atoms with E-state index in [2.05, 4.69) is 10.3 Å². The number of aromatic nitrogens is 1. The Hall–Kier alpha value is -2.56. The summed E-state index contributed by atoms with van der Waals surface area (Å²) in [6.07, 6.45) is 2.55. The van der Waals surface area contributed by atoms with E-state index in [0.29, 0.717) is 5.88 Å². The summed E-state index contributed by atoms with van der Waals surface area (Å²) in [5, 5.41) is 3.29. The topological polar surface area (TPSA) is 54.5 Å². The zero-order chi connectivity index (χ0) is 16.4. The first-order valence-electron chi connectivity index (χ1n) is 7.75. The van der Waals surface area contributed by atoms with Crippen molar-refractivity contribution in [2.24, 2.45) is 0 Å². The van der Waals surface area contributed by atoms with Crippen molar-refractivity contribution >= 4 is 11.6 Å². The maximum atomic E-state index is 12.0. The lowest BCUT2D eigenvalue weighted by molar-refractivity contribution is -0.127. The summed E-state index contributed by atoms with van der Waals surface area (Å²) in [6.45, 7) is 4.78. The first kappa shape index (κ1) is 15.3. The number of carbonyl (C=O) groups is 1. The Morgan fingerprint density at radius 3 is 2.78 bits per heavy atom. The first-order chi connectivity index (χ1) is 11.0. The van der Waals surface area contributed by atoms with Gasteiger partial charge >= 0.3 is 0 Å². The molecule has 1 amide bonds. The van der Waals surface area contributed by atoms with Crippen molar-refractivity contribution in [3.8, 4) is 11.6 Å². The minimum absolute atomic E-state index is 0.133. The molecule has 5 nitrogen and oxygen atoms in total. The highest BCUT2D eigenvalue weighted by Crippen LogP contribution is 2.28. The lowest BCUT2D eigenvalue weighted by atomic mass is 10.1. The van der Waals surface area contributed by atoms with Crippen LogP contribution >= 0.6 is 0 Å². The van der Waals surface area contributed by atoms with Crippen molar-refractivity contribution in [2.75, 3.05) is 18.9 Å². The molecule has 3 rings (SSSR count). The lowest BCUT2D eigenvalue weighted by Gasteiger charge is -2.15. The lowest BCUT2D eigenvalue weighted by Crippen LogP contribution is -2.30. The van der Waals surface area contributed by atoms with Crippen molar-refractivity contribution in [2.45, 2.75) is 26.3 Å². The summed E-state index contributed by atoms with van der Waals surface area (Å²) in [5.74, 6) is 1.45. The van der Waals surface area contributed by atoms with Crippen LogP contribution < -0.4 is 10.1 Å². The normalized spacial score (nSPS) is 17.4. The smallest absolute Gasteiger partial charge is 0.244 e. The Morgan fingerprint density at radius 2 is 2.09 bits per heavy atom. The maximum Gasteiger partial charge on any atom is 0.244 e. The second kappa shape index (κ2) is 6.28. The van der Waals surface area contributed by atoms with Gasteiger partial charge in [0.05, 0.1) is 0 Å². The zero-order valence-corrected chi connectivity index (χ0v) is 13.7. The zero-order valence-electron chi connectivity index (χ0n) is 13.7. The van der Waals surface area contributed by atoms with Gasteiger partial charge < -0.3 is 15.0 Å². The molecule has 1 atom stereocenters. The molecule has 1 aliphatic heterocycles. The highest BCUT2D eigenvalue weighted by molar-refractivity contribution is 5.86. The molecule has 2 heterocycles. The van der Waals surface area contributed by atoms with Gasteiger partial charge in [0.25, 0.3) is 0 Å². The number of benzene rings is 1. The Kier molecular flexibility index (Phi) is 4.19. The second-order valence-corrected chi connectivity index (χ2v) is 6.00. The number of aryl methyl sites for hydroxylation is 2. The van der Waals surface area contributed by atoms with Gasteiger partial charge in [0.15, 0.2) is 0 Å². The van der Waals surface area contributed by atoms with E-state index < -0.39 is 0 Å². The molecule has 1 saturated heterocycles. The molecule has 1 N–H and O–H groups in total. The number of ether oxygens (including phenoxy) is 1. The summed E-state index contributed by atoms with van der Waals surface area (Å²) in [7, 11) is 1.83. The minimum atomic E-state index is -0.160. The Morgan fingerprint density at radius 1 is 1.26 bits per heavy atom. The standard InChI is InChI=1S/C18H21N3O2/c1-12-6-8-19-17(10-12)23-16-11-14(5-4-13(16)2)20-15-7-9-21(3)18(15)22/h4-6,8,10-11,15,20H,7,9H2,1-3H3/t15-/m1/s1. The first-order valence-corrected chi connectivity index (χ1v) is 7.75. The van der Waals surface area contributed by atoms with Crippen molar-refractivity contribution in [3.63, 3.8) is 0 Å². The third kappa shape index (κ3) is 3.44. The molecule has 0 spiro atoms. The Labute approximate surface area is 136 Å². The van der Waals surface area contributed by atoms with Crippen LogP contribution in [0.5, 0.6) is 11.6 Å². The van der Waals surface area contributed by atoms with Gasteiger partial charge in [-0.1, -0.05) is 6.07 Å². The van der Waals surface area contributed by atoms with E-state index in [0.717, 1.165) is 35.5 Å². The number of amides is 1. The molecule has 120 valence electrons. The van der Waals surface area contributed by atoms with E-state index in [4.69, 9.17) is 4.74 Å². The van der Waals surface area contributed by atoms with Gasteiger partial charge in [0.1, 0.15) is 11.8 Å². The average molecular weight is 311 g/mol. The number of nitrogens with one attached hydrogen (secondary N) is 1. The van der Waals surface area contributed by atoms with Gasteiger partial charge in [-0.15, -0.1) is 0 Å². The third-order valence-electron chi connectivity index (χ3n) is 4.06. The largest absolute Gasteiger partial charge is 0.439 e. The highest BCUT2D eigenvalue weighted by Gasteiger charge is 2.28. The number of nitrogens with zero attached hydrogens (tertiary/aromatic N) is 2. The Bertz CT molecular complexity index is 730.